The summed E-state index contributed by atoms with van der Waals surface area (Å²) in [7, 11) is 0. The number of aromatic amines is 1. The summed E-state index contributed by atoms with van der Waals surface area (Å²) >= 11 is 5.91. The van der Waals surface area contributed by atoms with Crippen LogP contribution in [-0.2, 0) is 0 Å². The molecular weight excluding hydrogens is 386 g/mol. The number of rotatable bonds is 4. The van der Waals surface area contributed by atoms with E-state index >= 15 is 0 Å². The molecule has 1 aromatic heterocycles. The van der Waals surface area contributed by atoms with E-state index in [-0.39, 0.29) is 12.0 Å². The number of aryl methyl sites for hydroxylation is 2. The molecular formula is C23H24ClN3O2. The summed E-state index contributed by atoms with van der Waals surface area (Å²) in [5.41, 5.74) is 4.77. The van der Waals surface area contributed by atoms with E-state index in [0.29, 0.717) is 23.8 Å². The van der Waals surface area contributed by atoms with Crippen molar-refractivity contribution < 1.29 is 9.53 Å². The van der Waals surface area contributed by atoms with Crippen LogP contribution in [0.5, 0.6) is 5.75 Å². The van der Waals surface area contributed by atoms with Crippen LogP contribution in [0.3, 0.4) is 0 Å². The highest BCUT2D eigenvalue weighted by molar-refractivity contribution is 6.30. The number of nitrogens with zero attached hydrogens (tertiary/aromatic N) is 2. The van der Waals surface area contributed by atoms with Crippen molar-refractivity contribution in [3.63, 3.8) is 0 Å². The SMILES string of the molecule is Cc1ccc(-c2cc(C(=O)N3CCC(Oc4ccc(Cl)cc4)CC3)[nH]n2)cc1C. The van der Waals surface area contributed by atoms with Crippen LogP contribution in [0.25, 0.3) is 11.3 Å². The lowest BCUT2D eigenvalue weighted by Gasteiger charge is -2.31. The van der Waals surface area contributed by atoms with Crippen molar-refractivity contribution in [2.75, 3.05) is 13.1 Å². The Labute approximate surface area is 175 Å². The molecule has 0 bridgehead atoms. The predicted molar refractivity (Wildman–Crippen MR) is 115 cm³/mol. The lowest BCUT2D eigenvalue weighted by Crippen LogP contribution is -2.41. The zero-order chi connectivity index (χ0) is 20.4. The number of carbonyl (C=O) groups is 1. The number of halogens is 1. The first-order valence-corrected chi connectivity index (χ1v) is 10.2. The molecule has 1 fully saturated rings. The zero-order valence-electron chi connectivity index (χ0n) is 16.6. The second-order valence-electron chi connectivity index (χ2n) is 7.53. The summed E-state index contributed by atoms with van der Waals surface area (Å²) < 4.78 is 6.01. The maximum Gasteiger partial charge on any atom is 0.271 e. The number of hydrogen-bond acceptors (Lipinski definition) is 3. The minimum atomic E-state index is -0.0162. The number of amides is 1. The lowest BCUT2D eigenvalue weighted by atomic mass is 10.0. The fourth-order valence-corrected chi connectivity index (χ4v) is 3.66. The van der Waals surface area contributed by atoms with Gasteiger partial charge in [0, 0.05) is 36.5 Å². The molecule has 3 aromatic rings. The van der Waals surface area contributed by atoms with E-state index in [0.717, 1.165) is 29.8 Å². The van der Waals surface area contributed by atoms with Crippen LogP contribution in [0.1, 0.15) is 34.5 Å². The molecule has 0 aliphatic carbocycles. The number of piperidine rings is 1. The Morgan fingerprint density at radius 1 is 1.07 bits per heavy atom. The minimum Gasteiger partial charge on any atom is -0.490 e. The number of aromatic nitrogens is 2. The predicted octanol–water partition coefficient (Wildman–Crippen LogP) is 5.03. The fourth-order valence-electron chi connectivity index (χ4n) is 3.53. The molecule has 0 spiro atoms. The van der Waals surface area contributed by atoms with Crippen LogP contribution in [0.4, 0.5) is 0 Å². The van der Waals surface area contributed by atoms with Gasteiger partial charge < -0.3 is 9.64 Å². The number of carbonyl (C=O) groups excluding carboxylic acids is 1. The van der Waals surface area contributed by atoms with Gasteiger partial charge in [0.05, 0.1) is 5.69 Å². The van der Waals surface area contributed by atoms with Crippen molar-refractivity contribution in [2.24, 2.45) is 0 Å². The minimum absolute atomic E-state index is 0.0162. The summed E-state index contributed by atoms with van der Waals surface area (Å²) in [5, 5.41) is 7.94. The van der Waals surface area contributed by atoms with Crippen LogP contribution in [0.15, 0.2) is 48.5 Å². The molecule has 4 rings (SSSR count). The van der Waals surface area contributed by atoms with Gasteiger partial charge in [-0.25, -0.2) is 0 Å². The first kappa shape index (κ1) is 19.5. The van der Waals surface area contributed by atoms with Gasteiger partial charge in [-0.3, -0.25) is 9.89 Å². The average molecular weight is 410 g/mol. The van der Waals surface area contributed by atoms with Gasteiger partial charge in [0.25, 0.3) is 5.91 Å². The van der Waals surface area contributed by atoms with E-state index in [1.54, 1.807) is 0 Å². The van der Waals surface area contributed by atoms with E-state index in [1.165, 1.54) is 11.1 Å². The normalized spacial score (nSPS) is 14.8. The zero-order valence-corrected chi connectivity index (χ0v) is 17.4. The first-order chi connectivity index (χ1) is 14.0. The number of ether oxygens (including phenoxy) is 1. The largest absolute Gasteiger partial charge is 0.490 e. The number of nitrogens with one attached hydrogen (secondary N) is 1. The summed E-state index contributed by atoms with van der Waals surface area (Å²) in [5.74, 6) is 0.795. The average Bonchev–Trinajstić information content (AvgIpc) is 3.22. The van der Waals surface area contributed by atoms with Crippen LogP contribution < -0.4 is 4.74 Å². The van der Waals surface area contributed by atoms with Crippen molar-refractivity contribution in [1.82, 2.24) is 15.1 Å². The van der Waals surface area contributed by atoms with Gasteiger partial charge in [0.15, 0.2) is 0 Å². The standard InChI is InChI=1S/C23H24ClN3O2/c1-15-3-4-17(13-16(15)2)21-14-22(26-25-21)23(28)27-11-9-20(10-12-27)29-19-7-5-18(24)6-8-19/h3-8,13-14,20H,9-12H2,1-2H3,(H,25,26). The Bertz CT molecular complexity index is 1010. The fraction of sp³-hybridized carbons (Fsp3) is 0.304. The smallest absolute Gasteiger partial charge is 0.271 e. The Hall–Kier alpha value is -2.79. The highest BCUT2D eigenvalue weighted by atomic mass is 35.5. The molecule has 6 heteroatoms. The van der Waals surface area contributed by atoms with Gasteiger partial charge in [-0.2, -0.15) is 5.10 Å². The molecule has 1 amide bonds. The molecule has 1 saturated heterocycles. The molecule has 2 heterocycles. The third-order valence-corrected chi connectivity index (χ3v) is 5.71. The molecule has 0 atom stereocenters. The highest BCUT2D eigenvalue weighted by Crippen LogP contribution is 2.24. The molecule has 29 heavy (non-hydrogen) atoms. The van der Waals surface area contributed by atoms with E-state index in [9.17, 15) is 4.79 Å². The summed E-state index contributed by atoms with van der Waals surface area (Å²) in [6.45, 7) is 5.48. The number of H-pyrrole nitrogens is 1. The maximum atomic E-state index is 12.9. The first-order valence-electron chi connectivity index (χ1n) is 9.84. The number of likely N-dealkylation sites (tertiary alicyclic amines) is 1. The molecule has 0 radical (unpaired) electrons. The second kappa shape index (κ2) is 8.29. The number of hydrogen-bond donors (Lipinski definition) is 1. The molecule has 150 valence electrons. The monoisotopic (exact) mass is 409 g/mol. The molecule has 5 nitrogen and oxygen atoms in total. The van der Waals surface area contributed by atoms with Crippen molar-refractivity contribution in [2.45, 2.75) is 32.8 Å². The summed E-state index contributed by atoms with van der Waals surface area (Å²) in [6.07, 6.45) is 1.70. The maximum absolute atomic E-state index is 12.9. The quantitative estimate of drug-likeness (QED) is 0.657. The van der Waals surface area contributed by atoms with Gasteiger partial charge in [0.1, 0.15) is 17.5 Å². The Balaban J connectivity index is 1.36. The van der Waals surface area contributed by atoms with E-state index in [1.807, 2.05) is 41.3 Å². The van der Waals surface area contributed by atoms with Gasteiger partial charge in [-0.05, 0) is 61.4 Å². The molecule has 1 aliphatic rings. The molecule has 0 saturated carbocycles. The van der Waals surface area contributed by atoms with Gasteiger partial charge in [-0.15, -0.1) is 0 Å². The van der Waals surface area contributed by atoms with E-state index in [4.69, 9.17) is 16.3 Å². The van der Waals surface area contributed by atoms with Crippen molar-refractivity contribution in [3.8, 4) is 17.0 Å². The Morgan fingerprint density at radius 2 is 1.79 bits per heavy atom. The van der Waals surface area contributed by atoms with Crippen molar-refractivity contribution >= 4 is 17.5 Å². The van der Waals surface area contributed by atoms with Crippen LogP contribution in [-0.4, -0.2) is 40.2 Å². The van der Waals surface area contributed by atoms with Crippen LogP contribution in [0.2, 0.25) is 5.02 Å². The molecule has 0 unspecified atom stereocenters. The van der Waals surface area contributed by atoms with E-state index in [2.05, 4.69) is 36.2 Å². The van der Waals surface area contributed by atoms with Crippen molar-refractivity contribution in [3.05, 3.63) is 70.4 Å². The number of benzene rings is 2. The molecule has 1 N–H and O–H groups in total. The summed E-state index contributed by atoms with van der Waals surface area (Å²) in [4.78, 5) is 14.7. The van der Waals surface area contributed by atoms with Gasteiger partial charge >= 0.3 is 0 Å². The van der Waals surface area contributed by atoms with Crippen LogP contribution in [0, 0.1) is 13.8 Å². The van der Waals surface area contributed by atoms with E-state index < -0.39 is 0 Å². The second-order valence-corrected chi connectivity index (χ2v) is 7.97. The van der Waals surface area contributed by atoms with Gasteiger partial charge in [0.2, 0.25) is 0 Å². The highest BCUT2D eigenvalue weighted by Gasteiger charge is 2.26. The third kappa shape index (κ3) is 4.46. The summed E-state index contributed by atoms with van der Waals surface area (Å²) in [6, 6.07) is 15.4. The third-order valence-electron chi connectivity index (χ3n) is 5.46. The van der Waals surface area contributed by atoms with Crippen molar-refractivity contribution in [1.29, 1.82) is 0 Å². The molecule has 2 aromatic carbocycles. The molecule has 1 aliphatic heterocycles. The van der Waals surface area contributed by atoms with Crippen LogP contribution >= 0.6 is 11.6 Å². The Kier molecular flexibility index (Phi) is 5.58. The topological polar surface area (TPSA) is 58.2 Å². The Morgan fingerprint density at radius 3 is 2.48 bits per heavy atom. The lowest BCUT2D eigenvalue weighted by molar-refractivity contribution is 0.0590. The van der Waals surface area contributed by atoms with Gasteiger partial charge in [-0.1, -0.05) is 23.7 Å².